The van der Waals surface area contributed by atoms with E-state index >= 15 is 0 Å². The maximum atomic E-state index is 13.5. The van der Waals surface area contributed by atoms with E-state index in [2.05, 4.69) is 22.0 Å². The number of alkyl halides is 3. The number of carbonyl (C=O) groups excluding carboxylic acids is 1. The van der Waals surface area contributed by atoms with E-state index in [1.165, 1.54) is 10.6 Å². The summed E-state index contributed by atoms with van der Waals surface area (Å²) in [6.07, 6.45) is 0.533. The highest BCUT2D eigenvalue weighted by atomic mass is 19.4. The maximum absolute atomic E-state index is 13.5. The standard InChI is InChI=1S/C23H24F3N5O2/c1-22-9-15(17-4-2-3-5-18(17)23(24,25)26)8-16(22)12-30(13-22)20(33)19-28-21-27-10-14(6-7-32)11-31(21)29-19/h2-5,10-11,15-16,32H,6-9,12-13H2,1H3/t15?,16-,22+/m0/s1. The molecule has 0 radical (unpaired) electrons. The number of carbonyl (C=O) groups is 1. The fourth-order valence-corrected chi connectivity index (χ4v) is 5.51. The molecule has 2 aliphatic rings. The quantitative estimate of drug-likeness (QED) is 0.647. The van der Waals surface area contributed by atoms with Crippen LogP contribution in [0.25, 0.3) is 5.78 Å². The third-order valence-corrected chi connectivity index (χ3v) is 7.09. The second kappa shape index (κ2) is 7.79. The molecule has 3 heterocycles. The van der Waals surface area contributed by atoms with Crippen LogP contribution < -0.4 is 0 Å². The average molecular weight is 459 g/mol. The Morgan fingerprint density at radius 3 is 2.82 bits per heavy atom. The van der Waals surface area contributed by atoms with Crippen LogP contribution in [-0.2, 0) is 12.6 Å². The van der Waals surface area contributed by atoms with Crippen LogP contribution in [0.2, 0.25) is 0 Å². The summed E-state index contributed by atoms with van der Waals surface area (Å²) in [6.45, 7) is 2.97. The minimum Gasteiger partial charge on any atom is -0.396 e. The first-order valence-electron chi connectivity index (χ1n) is 11.0. The number of benzene rings is 1. The maximum Gasteiger partial charge on any atom is 0.416 e. The van der Waals surface area contributed by atoms with Crippen molar-refractivity contribution in [3.05, 3.63) is 59.2 Å². The highest BCUT2D eigenvalue weighted by Gasteiger charge is 2.52. The molecule has 174 valence electrons. The number of aliphatic hydroxyl groups is 1. The zero-order valence-corrected chi connectivity index (χ0v) is 18.1. The van der Waals surface area contributed by atoms with Crippen LogP contribution in [0, 0.1) is 11.3 Å². The lowest BCUT2D eigenvalue weighted by Crippen LogP contribution is -2.32. The van der Waals surface area contributed by atoms with Gasteiger partial charge in [0.2, 0.25) is 5.82 Å². The molecule has 1 unspecified atom stereocenters. The van der Waals surface area contributed by atoms with Gasteiger partial charge >= 0.3 is 6.18 Å². The van der Waals surface area contributed by atoms with Crippen molar-refractivity contribution in [3.8, 4) is 0 Å². The van der Waals surface area contributed by atoms with Gasteiger partial charge in [-0.15, -0.1) is 5.10 Å². The zero-order valence-electron chi connectivity index (χ0n) is 18.1. The predicted molar refractivity (Wildman–Crippen MR) is 112 cm³/mol. The Labute approximate surface area is 188 Å². The first kappa shape index (κ1) is 21.8. The van der Waals surface area contributed by atoms with Crippen molar-refractivity contribution < 1.29 is 23.1 Å². The number of rotatable bonds is 4. The van der Waals surface area contributed by atoms with Crippen LogP contribution >= 0.6 is 0 Å². The number of aliphatic hydroxyl groups excluding tert-OH is 1. The fraction of sp³-hybridized carbons (Fsp3) is 0.478. The van der Waals surface area contributed by atoms with E-state index in [0.29, 0.717) is 43.7 Å². The Hall–Kier alpha value is -3.01. The number of nitrogens with zero attached hydrogens (tertiary/aromatic N) is 5. The first-order valence-corrected chi connectivity index (χ1v) is 11.0. The number of amides is 1. The topological polar surface area (TPSA) is 83.6 Å². The smallest absolute Gasteiger partial charge is 0.396 e. The molecular weight excluding hydrogens is 435 g/mol. The van der Waals surface area contributed by atoms with Gasteiger partial charge in [-0.3, -0.25) is 4.79 Å². The fourth-order valence-electron chi connectivity index (χ4n) is 5.51. The molecular formula is C23H24F3N5O2. The molecule has 10 heteroatoms. The second-order valence-electron chi connectivity index (χ2n) is 9.37. The molecule has 2 fully saturated rings. The number of hydrogen-bond donors (Lipinski definition) is 1. The van der Waals surface area contributed by atoms with Gasteiger partial charge in [-0.1, -0.05) is 25.1 Å². The summed E-state index contributed by atoms with van der Waals surface area (Å²) in [6, 6.07) is 5.82. The van der Waals surface area contributed by atoms with Gasteiger partial charge in [-0.05, 0) is 53.7 Å². The van der Waals surface area contributed by atoms with Gasteiger partial charge in [0.1, 0.15) is 0 Å². The van der Waals surface area contributed by atoms with Crippen LogP contribution in [-0.4, -0.2) is 55.2 Å². The van der Waals surface area contributed by atoms with Gasteiger partial charge in [-0.2, -0.15) is 18.2 Å². The Morgan fingerprint density at radius 1 is 1.30 bits per heavy atom. The summed E-state index contributed by atoms with van der Waals surface area (Å²) in [4.78, 5) is 23.2. The molecule has 0 spiro atoms. The molecule has 0 bridgehead atoms. The summed E-state index contributed by atoms with van der Waals surface area (Å²) in [5.41, 5.74) is 0.311. The molecule has 1 aliphatic heterocycles. The van der Waals surface area contributed by atoms with E-state index in [1.54, 1.807) is 29.4 Å². The van der Waals surface area contributed by atoms with Crippen molar-refractivity contribution >= 4 is 11.7 Å². The largest absolute Gasteiger partial charge is 0.416 e. The Balaban J connectivity index is 1.33. The molecule has 33 heavy (non-hydrogen) atoms. The highest BCUT2D eigenvalue weighted by Crippen LogP contribution is 2.55. The van der Waals surface area contributed by atoms with Gasteiger partial charge < -0.3 is 10.0 Å². The molecule has 1 saturated heterocycles. The number of likely N-dealkylation sites (tertiary alicyclic amines) is 1. The van der Waals surface area contributed by atoms with Gasteiger partial charge in [0.15, 0.2) is 0 Å². The molecule has 1 amide bonds. The number of fused-ring (bicyclic) bond motifs is 2. The number of halogens is 3. The molecule has 1 N–H and O–H groups in total. The van der Waals surface area contributed by atoms with Crippen LogP contribution in [0.15, 0.2) is 36.7 Å². The van der Waals surface area contributed by atoms with E-state index in [4.69, 9.17) is 5.11 Å². The summed E-state index contributed by atoms with van der Waals surface area (Å²) < 4.78 is 42.0. The summed E-state index contributed by atoms with van der Waals surface area (Å²) in [7, 11) is 0. The minimum atomic E-state index is -4.38. The van der Waals surface area contributed by atoms with Crippen LogP contribution in [0.3, 0.4) is 0 Å². The van der Waals surface area contributed by atoms with Gasteiger partial charge in [0.05, 0.1) is 5.56 Å². The lowest BCUT2D eigenvalue weighted by Gasteiger charge is -2.25. The normalized spacial score (nSPS) is 25.1. The molecule has 7 nitrogen and oxygen atoms in total. The number of aromatic nitrogens is 4. The van der Waals surface area contributed by atoms with Gasteiger partial charge in [0.25, 0.3) is 11.7 Å². The summed E-state index contributed by atoms with van der Waals surface area (Å²) >= 11 is 0. The average Bonchev–Trinajstić information content (AvgIpc) is 3.42. The van der Waals surface area contributed by atoms with Gasteiger partial charge in [0, 0.05) is 32.1 Å². The highest BCUT2D eigenvalue weighted by molar-refractivity contribution is 5.91. The lowest BCUT2D eigenvalue weighted by atomic mass is 9.82. The van der Waals surface area contributed by atoms with Crippen molar-refractivity contribution in [1.82, 2.24) is 24.5 Å². The minimum absolute atomic E-state index is 0.0180. The monoisotopic (exact) mass is 459 g/mol. The van der Waals surface area contributed by atoms with Crippen LogP contribution in [0.1, 0.15) is 53.0 Å². The van der Waals surface area contributed by atoms with Crippen molar-refractivity contribution in [2.75, 3.05) is 19.7 Å². The second-order valence-corrected chi connectivity index (χ2v) is 9.37. The van der Waals surface area contributed by atoms with Crippen LogP contribution in [0.5, 0.6) is 0 Å². The van der Waals surface area contributed by atoms with Crippen molar-refractivity contribution in [2.45, 2.75) is 38.3 Å². The zero-order chi connectivity index (χ0) is 23.4. The number of hydrogen-bond acceptors (Lipinski definition) is 5. The van der Waals surface area contributed by atoms with E-state index in [1.807, 2.05) is 0 Å². The third kappa shape index (κ3) is 3.86. The Kier molecular flexibility index (Phi) is 5.15. The van der Waals surface area contributed by atoms with E-state index in [0.717, 1.165) is 11.6 Å². The third-order valence-electron chi connectivity index (χ3n) is 7.09. The SMILES string of the molecule is C[C@]12CC(c3ccccc3C(F)(F)F)C[C@H]1CN(C(=O)c1nc3ncc(CCO)cn3n1)C2. The molecule has 5 rings (SSSR count). The first-order chi connectivity index (χ1) is 15.7. The summed E-state index contributed by atoms with van der Waals surface area (Å²) in [5.74, 6) is -0.0238. The van der Waals surface area contributed by atoms with Crippen molar-refractivity contribution in [3.63, 3.8) is 0 Å². The predicted octanol–water partition coefficient (Wildman–Crippen LogP) is 3.33. The molecule has 3 atom stereocenters. The molecule has 1 aromatic carbocycles. The van der Waals surface area contributed by atoms with Crippen molar-refractivity contribution in [1.29, 1.82) is 0 Å². The van der Waals surface area contributed by atoms with E-state index < -0.39 is 11.7 Å². The van der Waals surface area contributed by atoms with Gasteiger partial charge in [-0.25, -0.2) is 9.50 Å². The Bertz CT molecular complexity index is 1210. The van der Waals surface area contributed by atoms with E-state index in [9.17, 15) is 18.0 Å². The molecule has 1 aliphatic carbocycles. The molecule has 1 saturated carbocycles. The van der Waals surface area contributed by atoms with E-state index in [-0.39, 0.29) is 35.6 Å². The Morgan fingerprint density at radius 2 is 2.09 bits per heavy atom. The van der Waals surface area contributed by atoms with Crippen molar-refractivity contribution in [2.24, 2.45) is 11.3 Å². The lowest BCUT2D eigenvalue weighted by molar-refractivity contribution is -0.138. The molecule has 2 aromatic heterocycles. The van der Waals surface area contributed by atoms with Crippen LogP contribution in [0.4, 0.5) is 13.2 Å². The summed E-state index contributed by atoms with van der Waals surface area (Å²) in [5, 5.41) is 13.4. The molecule has 3 aromatic rings.